The van der Waals surface area contributed by atoms with E-state index in [2.05, 4.69) is 0 Å². The molecule has 28 heavy (non-hydrogen) atoms. The van der Waals surface area contributed by atoms with Crippen molar-refractivity contribution in [3.8, 4) is 0 Å². The molecule has 1 spiro atoms. The Morgan fingerprint density at radius 3 is 2.14 bits per heavy atom. The van der Waals surface area contributed by atoms with Gasteiger partial charge in [0.05, 0.1) is 4.90 Å². The average Bonchev–Trinajstić information content (AvgIpc) is 3.27. The predicted octanol–water partition coefficient (Wildman–Crippen LogP) is 5.61. The molecule has 0 aromatic heterocycles. The van der Waals surface area contributed by atoms with Gasteiger partial charge in [0.1, 0.15) is 5.83 Å². The average molecular weight is 414 g/mol. The molecule has 2 nitrogen and oxygen atoms in total. The molecule has 0 aliphatic heterocycles. The SMILES string of the molecule is O=S(=O)(c1ccc(C2=CC3(C=C2C2(F)C=CC(F)=CC2)CC3)cc1)C(F)(F)F. The summed E-state index contributed by atoms with van der Waals surface area (Å²) < 4.78 is 90.0. The maximum atomic E-state index is 15.5. The lowest BCUT2D eigenvalue weighted by molar-refractivity contribution is -0.0436. The Hall–Kier alpha value is -2.22. The van der Waals surface area contributed by atoms with Crippen molar-refractivity contribution in [1.29, 1.82) is 0 Å². The summed E-state index contributed by atoms with van der Waals surface area (Å²) in [4.78, 5) is -0.869. The van der Waals surface area contributed by atoms with Crippen LogP contribution in [0, 0.1) is 5.41 Å². The molecule has 0 radical (unpaired) electrons. The van der Waals surface area contributed by atoms with Crippen LogP contribution in [0.15, 0.2) is 70.9 Å². The lowest BCUT2D eigenvalue weighted by Crippen LogP contribution is -2.24. The van der Waals surface area contributed by atoms with E-state index in [1.165, 1.54) is 12.1 Å². The molecule has 1 saturated carbocycles. The Kier molecular flexibility index (Phi) is 4.02. The van der Waals surface area contributed by atoms with E-state index in [9.17, 15) is 26.0 Å². The summed E-state index contributed by atoms with van der Waals surface area (Å²) in [5.74, 6) is -0.528. The van der Waals surface area contributed by atoms with Gasteiger partial charge in [-0.25, -0.2) is 17.2 Å². The molecule has 4 rings (SSSR count). The molecular weight excluding hydrogens is 399 g/mol. The monoisotopic (exact) mass is 414 g/mol. The van der Waals surface area contributed by atoms with Gasteiger partial charge in [-0.15, -0.1) is 0 Å². The van der Waals surface area contributed by atoms with Crippen molar-refractivity contribution in [2.45, 2.75) is 35.3 Å². The Morgan fingerprint density at radius 1 is 1.00 bits per heavy atom. The normalized spacial score (nSPS) is 26.1. The number of halogens is 5. The molecule has 1 aromatic carbocycles. The molecule has 8 heteroatoms. The van der Waals surface area contributed by atoms with E-state index in [-0.39, 0.29) is 11.8 Å². The molecule has 1 unspecified atom stereocenters. The van der Waals surface area contributed by atoms with Crippen LogP contribution in [0.3, 0.4) is 0 Å². The molecule has 1 atom stereocenters. The lowest BCUT2D eigenvalue weighted by atomic mass is 9.83. The molecule has 0 amide bonds. The molecule has 3 aliphatic rings. The number of rotatable bonds is 3. The van der Waals surface area contributed by atoms with Crippen LogP contribution in [0.4, 0.5) is 22.0 Å². The highest BCUT2D eigenvalue weighted by atomic mass is 32.2. The van der Waals surface area contributed by atoms with Gasteiger partial charge in [0.25, 0.3) is 9.84 Å². The number of alkyl halides is 4. The maximum Gasteiger partial charge on any atom is 0.501 e. The van der Waals surface area contributed by atoms with E-state index in [1.807, 2.05) is 6.08 Å². The van der Waals surface area contributed by atoms with Crippen LogP contribution in [0.5, 0.6) is 0 Å². The Balaban J connectivity index is 1.71. The van der Waals surface area contributed by atoms with E-state index < -0.39 is 31.7 Å². The number of hydrogen-bond donors (Lipinski definition) is 0. The summed E-state index contributed by atoms with van der Waals surface area (Å²) in [6.07, 6.45) is 8.47. The van der Waals surface area contributed by atoms with Gasteiger partial charge in [0.2, 0.25) is 0 Å². The smallest absolute Gasteiger partial charge is 0.234 e. The molecule has 0 heterocycles. The lowest BCUT2D eigenvalue weighted by Gasteiger charge is -2.26. The van der Waals surface area contributed by atoms with Crippen LogP contribution >= 0.6 is 0 Å². The fraction of sp³-hybridized carbons (Fsp3) is 0.300. The molecule has 1 fully saturated rings. The minimum atomic E-state index is -5.45. The van der Waals surface area contributed by atoms with Crippen molar-refractivity contribution in [2.75, 3.05) is 0 Å². The first kappa shape index (κ1) is 19.1. The third-order valence-electron chi connectivity index (χ3n) is 5.31. The van der Waals surface area contributed by atoms with E-state index in [0.717, 1.165) is 43.2 Å². The molecule has 0 N–H and O–H groups in total. The van der Waals surface area contributed by atoms with Gasteiger partial charge in [0.15, 0.2) is 5.67 Å². The number of sulfone groups is 1. The molecule has 0 bridgehead atoms. The quantitative estimate of drug-likeness (QED) is 0.603. The van der Waals surface area contributed by atoms with E-state index >= 15 is 4.39 Å². The highest BCUT2D eigenvalue weighted by Crippen LogP contribution is 2.58. The number of benzene rings is 1. The van der Waals surface area contributed by atoms with E-state index in [1.54, 1.807) is 6.08 Å². The topological polar surface area (TPSA) is 34.1 Å². The maximum absolute atomic E-state index is 15.5. The van der Waals surface area contributed by atoms with Crippen molar-refractivity contribution in [1.82, 2.24) is 0 Å². The molecule has 0 saturated heterocycles. The summed E-state index contributed by atoms with van der Waals surface area (Å²) in [5, 5.41) is 0. The standard InChI is InChI=1S/C20H15F5O2S/c21-14-5-7-19(22,8-6-14)17-12-18(9-10-18)11-16(17)13-1-3-15(4-2-13)28(26,27)20(23,24)25/h1-7,11-12H,8-10H2. The zero-order chi connectivity index (χ0) is 20.4. The van der Waals surface area contributed by atoms with Crippen LogP contribution < -0.4 is 0 Å². The van der Waals surface area contributed by atoms with Crippen molar-refractivity contribution >= 4 is 15.4 Å². The Bertz CT molecular complexity index is 1050. The van der Waals surface area contributed by atoms with Gasteiger partial charge in [-0.1, -0.05) is 24.3 Å². The fourth-order valence-electron chi connectivity index (χ4n) is 3.53. The minimum Gasteiger partial charge on any atom is -0.234 e. The highest BCUT2D eigenvalue weighted by molar-refractivity contribution is 7.92. The first-order chi connectivity index (χ1) is 13.0. The number of hydrogen-bond acceptors (Lipinski definition) is 2. The first-order valence-corrected chi connectivity index (χ1v) is 10.1. The van der Waals surface area contributed by atoms with Crippen molar-refractivity contribution < 1.29 is 30.4 Å². The zero-order valence-electron chi connectivity index (χ0n) is 14.4. The van der Waals surface area contributed by atoms with E-state index in [0.29, 0.717) is 16.7 Å². The van der Waals surface area contributed by atoms with Crippen molar-refractivity contribution in [2.24, 2.45) is 5.41 Å². The zero-order valence-corrected chi connectivity index (χ0v) is 15.2. The van der Waals surface area contributed by atoms with Crippen LogP contribution in [0.1, 0.15) is 24.8 Å². The van der Waals surface area contributed by atoms with Gasteiger partial charge in [0, 0.05) is 11.8 Å². The first-order valence-electron chi connectivity index (χ1n) is 8.58. The van der Waals surface area contributed by atoms with Crippen LogP contribution in [0.25, 0.3) is 5.57 Å². The minimum absolute atomic E-state index is 0.185. The summed E-state index contributed by atoms with van der Waals surface area (Å²) in [6, 6.07) is 4.23. The third-order valence-corrected chi connectivity index (χ3v) is 6.81. The van der Waals surface area contributed by atoms with Gasteiger partial charge in [-0.2, -0.15) is 13.2 Å². The second kappa shape index (κ2) is 5.89. The molecular formula is C20H15F5O2S. The van der Waals surface area contributed by atoms with Gasteiger partial charge in [-0.3, -0.25) is 0 Å². The summed E-state index contributed by atoms with van der Waals surface area (Å²) in [5.41, 5.74) is -6.36. The second-order valence-electron chi connectivity index (χ2n) is 7.31. The molecule has 148 valence electrons. The predicted molar refractivity (Wildman–Crippen MR) is 94.2 cm³/mol. The second-order valence-corrected chi connectivity index (χ2v) is 9.25. The Morgan fingerprint density at radius 2 is 1.64 bits per heavy atom. The fourth-order valence-corrected chi connectivity index (χ4v) is 4.29. The molecule has 1 aromatic rings. The summed E-state index contributed by atoms with van der Waals surface area (Å²) >= 11 is 0. The Labute approximate surface area is 158 Å². The van der Waals surface area contributed by atoms with Crippen LogP contribution in [0.2, 0.25) is 0 Å². The third kappa shape index (κ3) is 3.03. The van der Waals surface area contributed by atoms with Crippen LogP contribution in [-0.4, -0.2) is 19.6 Å². The summed E-state index contributed by atoms with van der Waals surface area (Å²) in [6.45, 7) is 0. The van der Waals surface area contributed by atoms with E-state index in [4.69, 9.17) is 0 Å². The van der Waals surface area contributed by atoms with Gasteiger partial charge in [-0.05, 0) is 59.9 Å². The number of allylic oxidation sites excluding steroid dienone is 8. The van der Waals surface area contributed by atoms with Crippen molar-refractivity contribution in [3.05, 3.63) is 71.6 Å². The van der Waals surface area contributed by atoms with Gasteiger partial charge >= 0.3 is 5.51 Å². The highest BCUT2D eigenvalue weighted by Gasteiger charge is 2.49. The van der Waals surface area contributed by atoms with Crippen LogP contribution in [-0.2, 0) is 9.84 Å². The molecule has 3 aliphatic carbocycles. The van der Waals surface area contributed by atoms with Crippen molar-refractivity contribution in [3.63, 3.8) is 0 Å². The largest absolute Gasteiger partial charge is 0.501 e. The summed E-state index contributed by atoms with van der Waals surface area (Å²) in [7, 11) is -5.45. The van der Waals surface area contributed by atoms with Gasteiger partial charge < -0.3 is 0 Å².